The summed E-state index contributed by atoms with van der Waals surface area (Å²) >= 11 is 0. The van der Waals surface area contributed by atoms with E-state index in [1.165, 1.54) is 51.4 Å². The van der Waals surface area contributed by atoms with Crippen LogP contribution in [-0.4, -0.2) is 52.8 Å². The number of carbonyl (C=O) groups excluding carboxylic acids is 2. The van der Waals surface area contributed by atoms with Crippen molar-refractivity contribution in [1.29, 1.82) is 0 Å². The highest BCUT2D eigenvalue weighted by molar-refractivity contribution is 5.99. The summed E-state index contributed by atoms with van der Waals surface area (Å²) in [5.41, 5.74) is 1.09. The number of amides is 2. The second-order valence-electron chi connectivity index (χ2n) is 10.3. The van der Waals surface area contributed by atoms with E-state index < -0.39 is 0 Å². The molecule has 0 aliphatic carbocycles. The molecule has 0 unspecified atom stereocenters. The zero-order chi connectivity index (χ0) is 26.4. The van der Waals surface area contributed by atoms with Crippen LogP contribution < -0.4 is 0 Å². The lowest BCUT2D eigenvalue weighted by molar-refractivity contribution is 0.0747. The van der Waals surface area contributed by atoms with Gasteiger partial charge in [-0.15, -0.1) is 0 Å². The lowest BCUT2D eigenvalue weighted by Gasteiger charge is -2.24. The van der Waals surface area contributed by atoms with Crippen LogP contribution in [0.25, 0.3) is 0 Å². The molecule has 1 rings (SSSR count). The summed E-state index contributed by atoms with van der Waals surface area (Å²) in [6, 6.07) is 1.79. The van der Waals surface area contributed by atoms with Gasteiger partial charge in [-0.1, -0.05) is 105 Å². The minimum absolute atomic E-state index is 0.0163. The molecule has 1 aromatic rings. The molecule has 206 valence electrons. The molecule has 0 saturated carbocycles. The monoisotopic (exact) mass is 501 g/mol. The summed E-state index contributed by atoms with van der Waals surface area (Å²) in [4.78, 5) is 35.2. The van der Waals surface area contributed by atoms with Crippen molar-refractivity contribution in [1.82, 2.24) is 14.8 Å². The topological polar surface area (TPSA) is 53.5 Å². The van der Waals surface area contributed by atoms with Crippen molar-refractivity contribution in [3.63, 3.8) is 0 Å². The molecule has 2 amide bonds. The summed E-state index contributed by atoms with van der Waals surface area (Å²) in [5, 5.41) is 0. The Hall–Kier alpha value is -1.91. The number of nitrogens with zero attached hydrogens (tertiary/aromatic N) is 3. The average molecular weight is 502 g/mol. The van der Waals surface area contributed by atoms with Crippen LogP contribution in [0, 0.1) is 0 Å². The van der Waals surface area contributed by atoms with Gasteiger partial charge in [-0.2, -0.15) is 0 Å². The van der Waals surface area contributed by atoms with E-state index in [4.69, 9.17) is 0 Å². The lowest BCUT2D eigenvalue weighted by atomic mass is 10.1. The third-order valence-electron chi connectivity index (χ3n) is 6.93. The van der Waals surface area contributed by atoms with Gasteiger partial charge in [0.05, 0.1) is 11.1 Å². The van der Waals surface area contributed by atoms with Crippen molar-refractivity contribution in [2.24, 2.45) is 0 Å². The standard InChI is InChI=1S/C31H55N3O2/c1-5-9-13-17-21-33(22-18-14-10-6-2)30(35)28-25-29(27-32-26-28)31(36)34(23-19-15-11-7-3)24-20-16-12-8-4/h25-27H,5-24H2,1-4H3. The van der Waals surface area contributed by atoms with Crippen molar-refractivity contribution in [2.75, 3.05) is 26.2 Å². The number of carbonyl (C=O) groups is 2. The van der Waals surface area contributed by atoms with Gasteiger partial charge in [0.1, 0.15) is 0 Å². The molecule has 0 spiro atoms. The van der Waals surface area contributed by atoms with Gasteiger partial charge in [0.15, 0.2) is 0 Å². The Balaban J connectivity index is 2.92. The molecule has 5 nitrogen and oxygen atoms in total. The van der Waals surface area contributed by atoms with Crippen LogP contribution in [0.2, 0.25) is 0 Å². The fourth-order valence-electron chi connectivity index (χ4n) is 4.59. The van der Waals surface area contributed by atoms with E-state index in [1.807, 2.05) is 9.80 Å². The van der Waals surface area contributed by atoms with Gasteiger partial charge >= 0.3 is 0 Å². The first-order valence-electron chi connectivity index (χ1n) is 15.1. The SMILES string of the molecule is CCCCCCN(CCCCCC)C(=O)c1cncc(C(=O)N(CCCCCC)CCCCCC)c1. The summed E-state index contributed by atoms with van der Waals surface area (Å²) in [6.07, 6.45) is 21.6. The zero-order valence-electron chi connectivity index (χ0n) is 24.0. The number of pyridine rings is 1. The van der Waals surface area contributed by atoms with E-state index in [0.717, 1.165) is 77.5 Å². The Morgan fingerprint density at radius 2 is 0.833 bits per heavy atom. The fraction of sp³-hybridized carbons (Fsp3) is 0.774. The molecule has 1 heterocycles. The second-order valence-corrected chi connectivity index (χ2v) is 10.3. The number of hydrogen-bond acceptors (Lipinski definition) is 3. The Morgan fingerprint density at radius 3 is 1.11 bits per heavy atom. The van der Waals surface area contributed by atoms with Gasteiger partial charge in [-0.3, -0.25) is 14.6 Å². The van der Waals surface area contributed by atoms with E-state index in [9.17, 15) is 9.59 Å². The van der Waals surface area contributed by atoms with E-state index in [2.05, 4.69) is 32.7 Å². The largest absolute Gasteiger partial charge is 0.339 e. The van der Waals surface area contributed by atoms with E-state index in [-0.39, 0.29) is 11.8 Å². The number of unbranched alkanes of at least 4 members (excludes halogenated alkanes) is 12. The summed E-state index contributed by atoms with van der Waals surface area (Å²) in [6.45, 7) is 12.0. The Morgan fingerprint density at radius 1 is 0.528 bits per heavy atom. The van der Waals surface area contributed by atoms with Gasteiger partial charge in [0, 0.05) is 38.6 Å². The highest BCUT2D eigenvalue weighted by atomic mass is 16.2. The fourth-order valence-corrected chi connectivity index (χ4v) is 4.59. The van der Waals surface area contributed by atoms with Crippen molar-refractivity contribution in [3.8, 4) is 0 Å². The van der Waals surface area contributed by atoms with Gasteiger partial charge in [0.2, 0.25) is 0 Å². The Bertz CT molecular complexity index is 628. The molecule has 0 saturated heterocycles. The van der Waals surface area contributed by atoms with Gasteiger partial charge in [-0.25, -0.2) is 0 Å². The summed E-state index contributed by atoms with van der Waals surface area (Å²) < 4.78 is 0. The first-order chi connectivity index (χ1) is 17.6. The molecule has 0 aliphatic rings. The maximum Gasteiger partial charge on any atom is 0.255 e. The molecule has 5 heteroatoms. The van der Waals surface area contributed by atoms with Crippen molar-refractivity contribution >= 4 is 11.8 Å². The quantitative estimate of drug-likeness (QED) is 0.150. The maximum absolute atomic E-state index is 13.5. The van der Waals surface area contributed by atoms with Crippen LogP contribution in [0.1, 0.15) is 151 Å². The predicted octanol–water partition coefficient (Wildman–Crippen LogP) is 8.29. The number of aromatic nitrogens is 1. The number of hydrogen-bond donors (Lipinski definition) is 0. The number of rotatable bonds is 22. The molecule has 0 aliphatic heterocycles. The normalized spacial score (nSPS) is 11.0. The highest BCUT2D eigenvalue weighted by Gasteiger charge is 2.20. The minimum Gasteiger partial charge on any atom is -0.339 e. The molecule has 0 aromatic carbocycles. The van der Waals surface area contributed by atoms with Crippen LogP contribution in [0.15, 0.2) is 18.5 Å². The first kappa shape index (κ1) is 32.1. The van der Waals surface area contributed by atoms with Crippen LogP contribution in [0.4, 0.5) is 0 Å². The van der Waals surface area contributed by atoms with E-state index >= 15 is 0 Å². The molecule has 36 heavy (non-hydrogen) atoms. The average Bonchev–Trinajstić information content (AvgIpc) is 2.90. The van der Waals surface area contributed by atoms with E-state index in [1.54, 1.807) is 18.5 Å². The smallest absolute Gasteiger partial charge is 0.255 e. The van der Waals surface area contributed by atoms with Crippen LogP contribution in [-0.2, 0) is 0 Å². The van der Waals surface area contributed by atoms with Crippen molar-refractivity contribution < 1.29 is 9.59 Å². The third kappa shape index (κ3) is 13.4. The summed E-state index contributed by atoms with van der Waals surface area (Å²) in [7, 11) is 0. The van der Waals surface area contributed by atoms with Gasteiger partial charge in [-0.05, 0) is 31.7 Å². The molecule has 0 fully saturated rings. The molecular weight excluding hydrogens is 446 g/mol. The minimum atomic E-state index is 0.0163. The third-order valence-corrected chi connectivity index (χ3v) is 6.93. The summed E-state index contributed by atoms with van der Waals surface area (Å²) in [5.74, 6) is 0.0326. The van der Waals surface area contributed by atoms with Gasteiger partial charge in [0.25, 0.3) is 11.8 Å². The zero-order valence-corrected chi connectivity index (χ0v) is 24.0. The Labute approximate surface area is 222 Å². The van der Waals surface area contributed by atoms with Gasteiger partial charge < -0.3 is 9.80 Å². The molecule has 1 aromatic heterocycles. The Kier molecular flexibility index (Phi) is 18.9. The van der Waals surface area contributed by atoms with Crippen molar-refractivity contribution in [2.45, 2.75) is 130 Å². The maximum atomic E-state index is 13.5. The molecular formula is C31H55N3O2. The van der Waals surface area contributed by atoms with Crippen LogP contribution >= 0.6 is 0 Å². The predicted molar refractivity (Wildman–Crippen MR) is 153 cm³/mol. The van der Waals surface area contributed by atoms with Crippen LogP contribution in [0.5, 0.6) is 0 Å². The molecule has 0 radical (unpaired) electrons. The molecule has 0 bridgehead atoms. The lowest BCUT2D eigenvalue weighted by Crippen LogP contribution is -2.35. The van der Waals surface area contributed by atoms with Crippen molar-refractivity contribution in [3.05, 3.63) is 29.6 Å². The second kappa shape index (κ2) is 21.2. The molecule has 0 N–H and O–H groups in total. The molecule has 0 atom stereocenters. The van der Waals surface area contributed by atoms with E-state index in [0.29, 0.717) is 11.1 Å². The van der Waals surface area contributed by atoms with Crippen LogP contribution in [0.3, 0.4) is 0 Å². The highest BCUT2D eigenvalue weighted by Crippen LogP contribution is 2.14. The first-order valence-corrected chi connectivity index (χ1v) is 15.1.